The molecule has 19 heavy (non-hydrogen) atoms. The number of aromatic amines is 1. The third-order valence-corrected chi connectivity index (χ3v) is 3.71. The van der Waals surface area contributed by atoms with Gasteiger partial charge in [-0.15, -0.1) is 0 Å². The van der Waals surface area contributed by atoms with Gasteiger partial charge in [0.25, 0.3) is 0 Å². The highest BCUT2D eigenvalue weighted by Crippen LogP contribution is 2.28. The molecule has 1 amide bonds. The molecule has 0 aliphatic carbocycles. The van der Waals surface area contributed by atoms with Gasteiger partial charge in [0.1, 0.15) is 0 Å². The zero-order valence-electron chi connectivity index (χ0n) is 12.4. The smallest absolute Gasteiger partial charge is 0.236 e. The molecule has 1 unspecified atom stereocenters. The van der Waals surface area contributed by atoms with Crippen LogP contribution in [0.4, 0.5) is 0 Å². The molecule has 1 aromatic heterocycles. The number of aromatic nitrogens is 2. The molecule has 1 aromatic rings. The van der Waals surface area contributed by atoms with E-state index in [4.69, 9.17) is 4.74 Å². The second kappa shape index (κ2) is 7.16. The Bertz CT molecular complexity index is 403. The number of imidazole rings is 1. The maximum absolute atomic E-state index is 12.3. The molecule has 0 spiro atoms. The van der Waals surface area contributed by atoms with Crippen molar-refractivity contribution in [1.29, 1.82) is 0 Å². The van der Waals surface area contributed by atoms with E-state index in [-0.39, 0.29) is 11.3 Å². The molecule has 2 N–H and O–H groups in total. The van der Waals surface area contributed by atoms with Crippen LogP contribution in [-0.4, -0.2) is 23.0 Å². The Kier molecular flexibility index (Phi) is 5.86. The van der Waals surface area contributed by atoms with Crippen LogP contribution in [0.3, 0.4) is 0 Å². The Hall–Kier alpha value is -1.52. The molecule has 0 saturated heterocycles. The van der Waals surface area contributed by atoms with E-state index in [0.29, 0.717) is 12.4 Å². The summed E-state index contributed by atoms with van der Waals surface area (Å²) in [6, 6.07) is 0. The standard InChI is InChI=1S/C14H25N3O2/c1-5-7-8-14(3,6-2)13(18)15-9-11-12(19-4)17-10-16-11/h10H,5-9H2,1-4H3,(H,15,18)(H,16,17). The van der Waals surface area contributed by atoms with Gasteiger partial charge in [-0.05, 0) is 12.8 Å². The summed E-state index contributed by atoms with van der Waals surface area (Å²) in [5.41, 5.74) is 0.508. The average molecular weight is 267 g/mol. The minimum Gasteiger partial charge on any atom is -0.480 e. The second-order valence-corrected chi connectivity index (χ2v) is 5.09. The lowest BCUT2D eigenvalue weighted by molar-refractivity contribution is -0.131. The fraction of sp³-hybridized carbons (Fsp3) is 0.714. The first-order valence-corrected chi connectivity index (χ1v) is 6.92. The molecule has 5 heteroatoms. The fourth-order valence-corrected chi connectivity index (χ4v) is 2.01. The first-order valence-electron chi connectivity index (χ1n) is 6.92. The van der Waals surface area contributed by atoms with Gasteiger partial charge in [0.2, 0.25) is 11.8 Å². The van der Waals surface area contributed by atoms with Crippen molar-refractivity contribution in [2.45, 2.75) is 53.0 Å². The second-order valence-electron chi connectivity index (χ2n) is 5.09. The maximum atomic E-state index is 12.3. The Labute approximate surface area is 115 Å². The summed E-state index contributed by atoms with van der Waals surface area (Å²) >= 11 is 0. The lowest BCUT2D eigenvalue weighted by Gasteiger charge is -2.26. The third kappa shape index (κ3) is 3.98. The van der Waals surface area contributed by atoms with E-state index < -0.39 is 0 Å². The molecule has 0 aromatic carbocycles. The van der Waals surface area contributed by atoms with Crippen molar-refractivity contribution in [2.75, 3.05) is 7.11 Å². The Balaban J connectivity index is 2.58. The summed E-state index contributed by atoms with van der Waals surface area (Å²) < 4.78 is 5.10. The number of nitrogens with zero attached hydrogens (tertiary/aromatic N) is 1. The number of unbranched alkanes of at least 4 members (excludes halogenated alkanes) is 1. The van der Waals surface area contributed by atoms with Crippen molar-refractivity contribution in [3.8, 4) is 5.88 Å². The van der Waals surface area contributed by atoms with E-state index in [0.717, 1.165) is 31.4 Å². The molecule has 1 atom stereocenters. The largest absolute Gasteiger partial charge is 0.480 e. The van der Waals surface area contributed by atoms with Gasteiger partial charge >= 0.3 is 0 Å². The Morgan fingerprint density at radius 3 is 2.84 bits per heavy atom. The molecule has 0 aliphatic rings. The van der Waals surface area contributed by atoms with E-state index in [2.05, 4.69) is 29.1 Å². The molecule has 108 valence electrons. The van der Waals surface area contributed by atoms with Crippen molar-refractivity contribution in [3.05, 3.63) is 12.0 Å². The van der Waals surface area contributed by atoms with Crippen molar-refractivity contribution in [1.82, 2.24) is 15.3 Å². The molecular formula is C14H25N3O2. The van der Waals surface area contributed by atoms with Crippen LogP contribution in [0.15, 0.2) is 6.33 Å². The maximum Gasteiger partial charge on any atom is 0.236 e. The van der Waals surface area contributed by atoms with Crippen molar-refractivity contribution >= 4 is 5.91 Å². The van der Waals surface area contributed by atoms with Crippen LogP contribution < -0.4 is 10.1 Å². The van der Waals surface area contributed by atoms with E-state index in [1.54, 1.807) is 13.4 Å². The first kappa shape index (κ1) is 15.5. The number of H-pyrrole nitrogens is 1. The molecule has 0 bridgehead atoms. The first-order chi connectivity index (χ1) is 9.07. The number of amides is 1. The topological polar surface area (TPSA) is 67.0 Å². The number of carbonyl (C=O) groups is 1. The molecule has 0 radical (unpaired) electrons. The molecule has 1 rings (SSSR count). The van der Waals surface area contributed by atoms with Gasteiger partial charge in [-0.3, -0.25) is 4.79 Å². The Morgan fingerprint density at radius 2 is 2.26 bits per heavy atom. The van der Waals surface area contributed by atoms with Crippen molar-refractivity contribution in [3.63, 3.8) is 0 Å². The van der Waals surface area contributed by atoms with E-state index in [9.17, 15) is 4.79 Å². The van der Waals surface area contributed by atoms with Gasteiger partial charge < -0.3 is 15.0 Å². The summed E-state index contributed by atoms with van der Waals surface area (Å²) in [6.07, 6.45) is 5.52. The number of ether oxygens (including phenoxy) is 1. The number of hydrogen-bond acceptors (Lipinski definition) is 3. The van der Waals surface area contributed by atoms with Gasteiger partial charge in [-0.1, -0.05) is 33.6 Å². The van der Waals surface area contributed by atoms with Gasteiger partial charge in [0, 0.05) is 5.41 Å². The summed E-state index contributed by atoms with van der Waals surface area (Å²) in [5.74, 6) is 0.632. The highest BCUT2D eigenvalue weighted by Gasteiger charge is 2.30. The molecule has 5 nitrogen and oxygen atoms in total. The number of nitrogens with one attached hydrogen (secondary N) is 2. The van der Waals surface area contributed by atoms with Gasteiger partial charge in [-0.2, -0.15) is 0 Å². The third-order valence-electron chi connectivity index (χ3n) is 3.71. The van der Waals surface area contributed by atoms with E-state index >= 15 is 0 Å². The highest BCUT2D eigenvalue weighted by atomic mass is 16.5. The summed E-state index contributed by atoms with van der Waals surface area (Å²) in [7, 11) is 1.57. The van der Waals surface area contributed by atoms with Gasteiger partial charge in [0.05, 0.1) is 25.7 Å². The number of methoxy groups -OCH3 is 1. The average Bonchev–Trinajstić information content (AvgIpc) is 2.89. The van der Waals surface area contributed by atoms with Crippen LogP contribution in [0.1, 0.15) is 52.1 Å². The van der Waals surface area contributed by atoms with Crippen LogP contribution in [-0.2, 0) is 11.3 Å². The van der Waals surface area contributed by atoms with Crippen LogP contribution >= 0.6 is 0 Å². The minimum absolute atomic E-state index is 0.0973. The zero-order chi connectivity index (χ0) is 14.3. The summed E-state index contributed by atoms with van der Waals surface area (Å²) in [5, 5.41) is 2.97. The van der Waals surface area contributed by atoms with Crippen LogP contribution in [0, 0.1) is 5.41 Å². The summed E-state index contributed by atoms with van der Waals surface area (Å²) in [6.45, 7) is 6.65. The van der Waals surface area contributed by atoms with Crippen molar-refractivity contribution in [2.24, 2.45) is 5.41 Å². The molecule has 0 saturated carbocycles. The molecule has 0 fully saturated rings. The fourth-order valence-electron chi connectivity index (χ4n) is 2.01. The van der Waals surface area contributed by atoms with Gasteiger partial charge in [0.15, 0.2) is 0 Å². The zero-order valence-corrected chi connectivity index (χ0v) is 12.4. The number of hydrogen-bond donors (Lipinski definition) is 2. The summed E-state index contributed by atoms with van der Waals surface area (Å²) in [4.78, 5) is 19.3. The van der Waals surface area contributed by atoms with E-state index in [1.165, 1.54) is 0 Å². The minimum atomic E-state index is -0.288. The van der Waals surface area contributed by atoms with E-state index in [1.807, 2.05) is 6.92 Å². The normalized spacial score (nSPS) is 13.9. The van der Waals surface area contributed by atoms with Crippen molar-refractivity contribution < 1.29 is 9.53 Å². The predicted octanol–water partition coefficient (Wildman–Crippen LogP) is 2.64. The SMILES string of the molecule is CCCCC(C)(CC)C(=O)NCc1[nH]cnc1OC. The lowest BCUT2D eigenvalue weighted by Crippen LogP contribution is -2.38. The lowest BCUT2D eigenvalue weighted by atomic mass is 9.81. The number of carbonyl (C=O) groups excluding carboxylic acids is 1. The quantitative estimate of drug-likeness (QED) is 0.761. The van der Waals surface area contributed by atoms with Gasteiger partial charge in [-0.25, -0.2) is 4.98 Å². The predicted molar refractivity (Wildman–Crippen MR) is 74.9 cm³/mol. The highest BCUT2D eigenvalue weighted by molar-refractivity contribution is 5.82. The van der Waals surface area contributed by atoms with Crippen LogP contribution in [0.25, 0.3) is 0 Å². The molecule has 0 aliphatic heterocycles. The molecular weight excluding hydrogens is 242 g/mol. The van der Waals surface area contributed by atoms with Crippen LogP contribution in [0.5, 0.6) is 5.88 Å². The number of rotatable bonds is 8. The Morgan fingerprint density at radius 1 is 1.53 bits per heavy atom. The monoisotopic (exact) mass is 267 g/mol. The van der Waals surface area contributed by atoms with Crippen LogP contribution in [0.2, 0.25) is 0 Å². The molecule has 1 heterocycles.